The molecule has 3 rings (SSSR count). The van der Waals surface area contributed by atoms with Gasteiger partial charge in [0.1, 0.15) is 6.04 Å². The molecule has 23 heavy (non-hydrogen) atoms. The number of benzene rings is 1. The summed E-state index contributed by atoms with van der Waals surface area (Å²) in [6.07, 6.45) is 4.14. The van der Waals surface area contributed by atoms with Crippen LogP contribution >= 0.6 is 0 Å². The van der Waals surface area contributed by atoms with Gasteiger partial charge in [-0.3, -0.25) is 15.1 Å². The number of aliphatic carboxylic acids is 1. The van der Waals surface area contributed by atoms with E-state index >= 15 is 0 Å². The molecule has 0 saturated carbocycles. The van der Waals surface area contributed by atoms with Crippen LogP contribution < -0.4 is 5.32 Å². The molecule has 0 aliphatic heterocycles. The standard InChI is InChI=1S/C18H19N3O2/c1-21-12-13(15-7-2-3-8-17(15)21)10-16(18(22)23)20-11-14-6-4-5-9-19-14/h2-9,12,16,20H,10-11H2,1H3,(H,22,23)/t16-/m0/s1. The number of carboxylic acid groups (broad SMARTS) is 1. The van der Waals surface area contributed by atoms with E-state index in [2.05, 4.69) is 10.3 Å². The SMILES string of the molecule is Cn1cc(C[C@H](NCc2ccccn2)C(=O)O)c2ccccc21. The number of nitrogens with zero attached hydrogens (tertiary/aromatic N) is 2. The fourth-order valence-corrected chi connectivity index (χ4v) is 2.79. The normalized spacial score (nSPS) is 12.4. The molecule has 5 heteroatoms. The molecule has 1 aromatic carbocycles. The molecule has 5 nitrogen and oxygen atoms in total. The summed E-state index contributed by atoms with van der Waals surface area (Å²) in [6.45, 7) is 0.433. The fourth-order valence-electron chi connectivity index (χ4n) is 2.79. The lowest BCUT2D eigenvalue weighted by atomic mass is 10.0. The highest BCUT2D eigenvalue weighted by Gasteiger charge is 2.19. The van der Waals surface area contributed by atoms with Gasteiger partial charge in [0, 0.05) is 43.3 Å². The van der Waals surface area contributed by atoms with E-state index in [1.54, 1.807) is 6.20 Å². The second-order valence-corrected chi connectivity index (χ2v) is 5.58. The molecule has 0 saturated heterocycles. The molecule has 0 amide bonds. The Morgan fingerprint density at radius 1 is 1.26 bits per heavy atom. The summed E-state index contributed by atoms with van der Waals surface area (Å²) in [6, 6.07) is 13.0. The molecule has 2 heterocycles. The molecule has 0 spiro atoms. The van der Waals surface area contributed by atoms with Crippen LogP contribution in [0.3, 0.4) is 0 Å². The molecular formula is C18H19N3O2. The van der Waals surface area contributed by atoms with E-state index in [0.29, 0.717) is 13.0 Å². The summed E-state index contributed by atoms with van der Waals surface area (Å²) >= 11 is 0. The Hall–Kier alpha value is -2.66. The second kappa shape index (κ2) is 6.62. The third-order valence-electron chi connectivity index (χ3n) is 3.96. The van der Waals surface area contributed by atoms with E-state index in [1.807, 2.05) is 60.3 Å². The van der Waals surface area contributed by atoms with Crippen molar-refractivity contribution < 1.29 is 9.90 Å². The monoisotopic (exact) mass is 309 g/mol. The first-order chi connectivity index (χ1) is 11.1. The lowest BCUT2D eigenvalue weighted by molar-refractivity contribution is -0.139. The number of rotatable bonds is 6. The maximum Gasteiger partial charge on any atom is 0.321 e. The minimum absolute atomic E-state index is 0.433. The van der Waals surface area contributed by atoms with Crippen LogP contribution in [-0.4, -0.2) is 26.7 Å². The summed E-state index contributed by atoms with van der Waals surface area (Å²) in [5.74, 6) is -0.853. The minimum Gasteiger partial charge on any atom is -0.480 e. The van der Waals surface area contributed by atoms with Gasteiger partial charge in [-0.2, -0.15) is 0 Å². The van der Waals surface area contributed by atoms with Gasteiger partial charge in [0.15, 0.2) is 0 Å². The summed E-state index contributed by atoms with van der Waals surface area (Å²) in [5.41, 5.74) is 2.97. The predicted octanol–water partition coefficient (Wildman–Crippen LogP) is 2.36. The highest BCUT2D eigenvalue weighted by atomic mass is 16.4. The van der Waals surface area contributed by atoms with Crippen molar-refractivity contribution in [3.8, 4) is 0 Å². The Kier molecular flexibility index (Phi) is 4.39. The molecule has 0 unspecified atom stereocenters. The van der Waals surface area contributed by atoms with Crippen LogP contribution in [0, 0.1) is 0 Å². The number of aryl methyl sites for hydroxylation is 1. The van der Waals surface area contributed by atoms with E-state index < -0.39 is 12.0 Å². The van der Waals surface area contributed by atoms with Gasteiger partial charge in [0.25, 0.3) is 0 Å². The van der Waals surface area contributed by atoms with Crippen molar-refractivity contribution >= 4 is 16.9 Å². The van der Waals surface area contributed by atoms with Crippen molar-refractivity contribution in [3.63, 3.8) is 0 Å². The molecule has 0 aliphatic rings. The zero-order chi connectivity index (χ0) is 16.2. The first-order valence-corrected chi connectivity index (χ1v) is 7.54. The number of carbonyl (C=O) groups is 1. The Morgan fingerprint density at radius 3 is 2.78 bits per heavy atom. The minimum atomic E-state index is -0.853. The highest BCUT2D eigenvalue weighted by molar-refractivity contribution is 5.85. The van der Waals surface area contributed by atoms with Gasteiger partial charge in [-0.1, -0.05) is 24.3 Å². The maximum absolute atomic E-state index is 11.6. The smallest absolute Gasteiger partial charge is 0.321 e. The number of carboxylic acids is 1. The molecule has 118 valence electrons. The number of pyridine rings is 1. The molecule has 0 fully saturated rings. The first-order valence-electron chi connectivity index (χ1n) is 7.54. The van der Waals surface area contributed by atoms with Crippen LogP contribution in [0.1, 0.15) is 11.3 Å². The average molecular weight is 309 g/mol. The average Bonchev–Trinajstić information content (AvgIpc) is 2.88. The largest absolute Gasteiger partial charge is 0.480 e. The fraction of sp³-hybridized carbons (Fsp3) is 0.222. The molecule has 2 aromatic heterocycles. The number of nitrogens with one attached hydrogen (secondary N) is 1. The molecule has 0 bridgehead atoms. The Morgan fingerprint density at radius 2 is 2.04 bits per heavy atom. The number of hydrogen-bond donors (Lipinski definition) is 2. The third kappa shape index (κ3) is 3.40. The third-order valence-corrected chi connectivity index (χ3v) is 3.96. The van der Waals surface area contributed by atoms with Crippen molar-refractivity contribution in [1.82, 2.24) is 14.9 Å². The first kappa shape index (κ1) is 15.2. The number of para-hydroxylation sites is 1. The van der Waals surface area contributed by atoms with Crippen LogP contribution in [0.15, 0.2) is 54.9 Å². The van der Waals surface area contributed by atoms with E-state index in [9.17, 15) is 9.90 Å². The zero-order valence-corrected chi connectivity index (χ0v) is 12.9. The van der Waals surface area contributed by atoms with Gasteiger partial charge < -0.3 is 9.67 Å². The van der Waals surface area contributed by atoms with Crippen LogP contribution in [0.4, 0.5) is 0 Å². The molecular weight excluding hydrogens is 290 g/mol. The van der Waals surface area contributed by atoms with Crippen molar-refractivity contribution in [2.75, 3.05) is 0 Å². The van der Waals surface area contributed by atoms with Crippen molar-refractivity contribution in [3.05, 3.63) is 66.1 Å². The molecule has 1 atom stereocenters. The Balaban J connectivity index is 1.78. The summed E-state index contributed by atoms with van der Waals surface area (Å²) in [5, 5.41) is 13.7. The van der Waals surface area contributed by atoms with Gasteiger partial charge >= 0.3 is 5.97 Å². The van der Waals surface area contributed by atoms with Crippen molar-refractivity contribution in [2.24, 2.45) is 7.05 Å². The van der Waals surface area contributed by atoms with Gasteiger partial charge in [-0.15, -0.1) is 0 Å². The number of fused-ring (bicyclic) bond motifs is 1. The second-order valence-electron chi connectivity index (χ2n) is 5.58. The summed E-state index contributed by atoms with van der Waals surface area (Å²) in [7, 11) is 1.98. The van der Waals surface area contributed by atoms with Gasteiger partial charge in [0.05, 0.1) is 5.69 Å². The van der Waals surface area contributed by atoms with Crippen LogP contribution in [0.25, 0.3) is 10.9 Å². The molecule has 0 aliphatic carbocycles. The molecule has 2 N–H and O–H groups in total. The zero-order valence-electron chi connectivity index (χ0n) is 12.9. The summed E-state index contributed by atoms with van der Waals surface area (Å²) < 4.78 is 2.03. The number of aromatic nitrogens is 2. The van der Waals surface area contributed by atoms with Crippen molar-refractivity contribution in [1.29, 1.82) is 0 Å². The maximum atomic E-state index is 11.6. The lowest BCUT2D eigenvalue weighted by Crippen LogP contribution is -2.38. The van der Waals surface area contributed by atoms with E-state index in [-0.39, 0.29) is 0 Å². The molecule has 0 radical (unpaired) electrons. The van der Waals surface area contributed by atoms with Crippen molar-refractivity contribution in [2.45, 2.75) is 19.0 Å². The topological polar surface area (TPSA) is 67.2 Å². The lowest BCUT2D eigenvalue weighted by Gasteiger charge is -2.13. The van der Waals surface area contributed by atoms with Gasteiger partial charge in [0.2, 0.25) is 0 Å². The van der Waals surface area contributed by atoms with Gasteiger partial charge in [-0.05, 0) is 23.8 Å². The van der Waals surface area contributed by atoms with Crippen LogP contribution in [0.5, 0.6) is 0 Å². The van der Waals surface area contributed by atoms with E-state index in [4.69, 9.17) is 0 Å². The Bertz CT molecular complexity index is 812. The Labute approximate surface area is 134 Å². The predicted molar refractivity (Wildman–Crippen MR) is 89.1 cm³/mol. The molecule has 3 aromatic rings. The highest BCUT2D eigenvalue weighted by Crippen LogP contribution is 2.21. The quantitative estimate of drug-likeness (QED) is 0.733. The van der Waals surface area contributed by atoms with E-state index in [1.165, 1.54) is 0 Å². The summed E-state index contributed by atoms with van der Waals surface area (Å²) in [4.78, 5) is 15.8. The van der Waals surface area contributed by atoms with Crippen LogP contribution in [0.2, 0.25) is 0 Å². The number of hydrogen-bond acceptors (Lipinski definition) is 3. The van der Waals surface area contributed by atoms with Gasteiger partial charge in [-0.25, -0.2) is 0 Å². The van der Waals surface area contributed by atoms with Crippen LogP contribution in [-0.2, 0) is 24.8 Å². The van der Waals surface area contributed by atoms with E-state index in [0.717, 1.165) is 22.2 Å².